The van der Waals surface area contributed by atoms with E-state index in [-0.39, 0.29) is 11.8 Å². The molecule has 5 heteroatoms. The van der Waals surface area contributed by atoms with Crippen LogP contribution in [0, 0.1) is 0 Å². The summed E-state index contributed by atoms with van der Waals surface area (Å²) in [4.78, 5) is 27.6. The van der Waals surface area contributed by atoms with E-state index in [1.165, 1.54) is 6.42 Å². The van der Waals surface area contributed by atoms with Crippen LogP contribution in [0.2, 0.25) is 0 Å². The van der Waals surface area contributed by atoms with Crippen LogP contribution in [0.4, 0.5) is 11.4 Å². The lowest BCUT2D eigenvalue weighted by Crippen LogP contribution is -2.35. The smallest absolute Gasteiger partial charge is 0.258 e. The fraction of sp³-hybridized carbons (Fsp3) is 0.185. The molecule has 1 fully saturated rings. The Kier molecular flexibility index (Phi) is 5.46. The number of likely N-dealkylation sites (tertiary alicyclic amines) is 1. The highest BCUT2D eigenvalue weighted by atomic mass is 16.2. The quantitative estimate of drug-likeness (QED) is 0.564. The van der Waals surface area contributed by atoms with E-state index in [0.717, 1.165) is 54.1 Å². The molecule has 5 rings (SSSR count). The normalized spacial score (nSPS) is 16.9. The van der Waals surface area contributed by atoms with Gasteiger partial charge in [-0.3, -0.25) is 9.59 Å². The first-order chi connectivity index (χ1) is 15.7. The second-order valence-corrected chi connectivity index (χ2v) is 8.17. The highest BCUT2D eigenvalue weighted by Crippen LogP contribution is 2.37. The molecule has 1 saturated heterocycles. The van der Waals surface area contributed by atoms with Crippen LogP contribution in [0.1, 0.15) is 40.7 Å². The highest BCUT2D eigenvalue weighted by Gasteiger charge is 2.28. The predicted octanol–water partition coefficient (Wildman–Crippen LogP) is 5.25. The first-order valence-electron chi connectivity index (χ1n) is 11.1. The summed E-state index contributed by atoms with van der Waals surface area (Å²) in [5.74, 6) is -0.0450. The van der Waals surface area contributed by atoms with Crippen LogP contribution in [0.5, 0.6) is 0 Å². The molecule has 0 unspecified atom stereocenters. The third kappa shape index (κ3) is 3.89. The molecule has 2 heterocycles. The summed E-state index contributed by atoms with van der Waals surface area (Å²) >= 11 is 0. The molecule has 0 spiro atoms. The number of amides is 2. The monoisotopic (exact) mass is 423 g/mol. The number of nitrogens with one attached hydrogen (secondary N) is 2. The van der Waals surface area contributed by atoms with E-state index in [4.69, 9.17) is 0 Å². The van der Waals surface area contributed by atoms with Crippen molar-refractivity contribution in [2.45, 2.75) is 19.3 Å². The average molecular weight is 424 g/mol. The number of rotatable bonds is 4. The summed E-state index contributed by atoms with van der Waals surface area (Å²) in [6.45, 7) is 1.66. The van der Waals surface area contributed by atoms with Gasteiger partial charge in [-0.15, -0.1) is 0 Å². The fourth-order valence-electron chi connectivity index (χ4n) is 4.37. The van der Waals surface area contributed by atoms with Gasteiger partial charge in [-0.2, -0.15) is 0 Å². The van der Waals surface area contributed by atoms with Crippen molar-refractivity contribution in [3.8, 4) is 0 Å². The molecule has 3 aromatic rings. The molecule has 0 saturated carbocycles. The van der Waals surface area contributed by atoms with Gasteiger partial charge in [0.1, 0.15) is 0 Å². The third-order valence-electron chi connectivity index (χ3n) is 6.03. The van der Waals surface area contributed by atoms with Crippen molar-refractivity contribution in [3.05, 3.63) is 95.6 Å². The van der Waals surface area contributed by atoms with Gasteiger partial charge in [-0.05, 0) is 55.2 Å². The maximum atomic E-state index is 12.9. The maximum absolute atomic E-state index is 12.9. The Morgan fingerprint density at radius 1 is 0.781 bits per heavy atom. The van der Waals surface area contributed by atoms with Crippen molar-refractivity contribution >= 4 is 34.5 Å². The Hall–Kier alpha value is -3.86. The molecule has 2 N–H and O–H groups in total. The van der Waals surface area contributed by atoms with E-state index < -0.39 is 0 Å². The molecule has 2 aliphatic rings. The molecular formula is C27H25N3O2. The van der Waals surface area contributed by atoms with E-state index in [1.54, 1.807) is 0 Å². The van der Waals surface area contributed by atoms with E-state index >= 15 is 0 Å². The van der Waals surface area contributed by atoms with E-state index in [1.807, 2.05) is 83.8 Å². The second kappa shape index (κ2) is 8.71. The second-order valence-electron chi connectivity index (χ2n) is 8.17. The number of carbonyl (C=O) groups is 2. The van der Waals surface area contributed by atoms with E-state index in [2.05, 4.69) is 10.6 Å². The number of hydrogen-bond donors (Lipinski definition) is 2. The Balaban J connectivity index is 1.48. The molecule has 160 valence electrons. The minimum Gasteiger partial charge on any atom is -0.354 e. The molecule has 0 aliphatic carbocycles. The van der Waals surface area contributed by atoms with Gasteiger partial charge in [0, 0.05) is 35.6 Å². The zero-order valence-electron chi connectivity index (χ0n) is 17.8. The van der Waals surface area contributed by atoms with E-state index in [9.17, 15) is 9.59 Å². The fourth-order valence-corrected chi connectivity index (χ4v) is 4.37. The van der Waals surface area contributed by atoms with Crippen LogP contribution in [0.15, 0.2) is 78.9 Å². The molecule has 0 radical (unpaired) electrons. The molecule has 0 atom stereocenters. The molecule has 0 aromatic heterocycles. The highest BCUT2D eigenvalue weighted by molar-refractivity contribution is 6.37. The number of nitrogens with zero attached hydrogens (tertiary/aromatic N) is 1. The topological polar surface area (TPSA) is 61.4 Å². The number of anilines is 2. The molecule has 32 heavy (non-hydrogen) atoms. The van der Waals surface area contributed by atoms with Gasteiger partial charge in [-0.1, -0.05) is 48.5 Å². The van der Waals surface area contributed by atoms with Gasteiger partial charge in [0.2, 0.25) is 0 Å². The van der Waals surface area contributed by atoms with Crippen molar-refractivity contribution in [2.24, 2.45) is 0 Å². The minimum atomic E-state index is -0.130. The van der Waals surface area contributed by atoms with Crippen LogP contribution in [0.25, 0.3) is 11.3 Å². The number of fused-ring (bicyclic) bond motifs is 1. The van der Waals surface area contributed by atoms with Crippen molar-refractivity contribution in [1.82, 2.24) is 4.90 Å². The minimum absolute atomic E-state index is 0.0852. The summed E-state index contributed by atoms with van der Waals surface area (Å²) in [7, 11) is 0. The molecule has 2 aliphatic heterocycles. The third-order valence-corrected chi connectivity index (χ3v) is 6.03. The van der Waals surface area contributed by atoms with Gasteiger partial charge in [0.05, 0.1) is 11.3 Å². The number of para-hydroxylation sites is 1. The SMILES string of the molecule is O=C1Nc2ccccc2C1=C(Nc1ccc(C(=O)N2CCCCC2)cc1)c1ccccc1. The first kappa shape index (κ1) is 20.1. The van der Waals surface area contributed by atoms with Gasteiger partial charge in [0.15, 0.2) is 0 Å². The Morgan fingerprint density at radius 2 is 1.47 bits per heavy atom. The van der Waals surface area contributed by atoms with Gasteiger partial charge in [0.25, 0.3) is 11.8 Å². The van der Waals surface area contributed by atoms with Crippen LogP contribution in [0.3, 0.4) is 0 Å². The van der Waals surface area contributed by atoms with Crippen LogP contribution >= 0.6 is 0 Å². The number of piperidine rings is 1. The number of benzene rings is 3. The molecule has 5 nitrogen and oxygen atoms in total. The van der Waals surface area contributed by atoms with Crippen LogP contribution < -0.4 is 10.6 Å². The van der Waals surface area contributed by atoms with Crippen LogP contribution in [-0.2, 0) is 4.79 Å². The zero-order chi connectivity index (χ0) is 21.9. The van der Waals surface area contributed by atoms with Crippen molar-refractivity contribution in [1.29, 1.82) is 0 Å². The van der Waals surface area contributed by atoms with Gasteiger partial charge >= 0.3 is 0 Å². The van der Waals surface area contributed by atoms with Crippen molar-refractivity contribution in [3.63, 3.8) is 0 Å². The maximum Gasteiger partial charge on any atom is 0.258 e. The lowest BCUT2D eigenvalue weighted by molar-refractivity contribution is -0.110. The van der Waals surface area contributed by atoms with Gasteiger partial charge in [-0.25, -0.2) is 0 Å². The Labute approximate surface area is 187 Å². The standard InChI is InChI=1S/C27H25N3O2/c31-26-24(22-11-5-6-12-23(22)29-26)25(19-9-3-1-4-10-19)28-21-15-13-20(14-16-21)27(32)30-17-7-2-8-18-30/h1,3-6,9-16,28H,2,7-8,17-18H2,(H,29,31). The summed E-state index contributed by atoms with van der Waals surface area (Å²) in [5, 5.41) is 6.41. The van der Waals surface area contributed by atoms with Crippen LogP contribution in [-0.4, -0.2) is 29.8 Å². The van der Waals surface area contributed by atoms with Gasteiger partial charge < -0.3 is 15.5 Å². The summed E-state index contributed by atoms with van der Waals surface area (Å²) in [6.07, 6.45) is 3.34. The molecule has 2 amide bonds. The van der Waals surface area contributed by atoms with E-state index in [0.29, 0.717) is 11.1 Å². The lowest BCUT2D eigenvalue weighted by Gasteiger charge is -2.26. The molecule has 0 bridgehead atoms. The summed E-state index contributed by atoms with van der Waals surface area (Å²) < 4.78 is 0. The predicted molar refractivity (Wildman–Crippen MR) is 128 cm³/mol. The average Bonchev–Trinajstić information content (AvgIpc) is 3.19. The first-order valence-corrected chi connectivity index (χ1v) is 11.1. The zero-order valence-corrected chi connectivity index (χ0v) is 17.8. The number of hydrogen-bond acceptors (Lipinski definition) is 3. The summed E-state index contributed by atoms with van der Waals surface area (Å²) in [6, 6.07) is 25.1. The molecular weight excluding hydrogens is 398 g/mol. The molecule has 3 aromatic carbocycles. The Bertz CT molecular complexity index is 1180. The van der Waals surface area contributed by atoms with Crippen molar-refractivity contribution in [2.75, 3.05) is 23.7 Å². The lowest BCUT2D eigenvalue weighted by atomic mass is 10.00. The largest absolute Gasteiger partial charge is 0.354 e. The van der Waals surface area contributed by atoms with Crippen molar-refractivity contribution < 1.29 is 9.59 Å². The summed E-state index contributed by atoms with van der Waals surface area (Å²) in [5.41, 5.74) is 5.47. The number of carbonyl (C=O) groups excluding carboxylic acids is 2. The Morgan fingerprint density at radius 3 is 2.22 bits per heavy atom.